The molecule has 0 saturated heterocycles. The Kier molecular flexibility index (Phi) is 6.78. The normalized spacial score (nSPS) is 10.3. The molecule has 0 fully saturated rings. The lowest BCUT2D eigenvalue weighted by molar-refractivity contribution is 0.200. The van der Waals surface area contributed by atoms with Crippen LogP contribution in [0.15, 0.2) is 12.2 Å². The molecule has 0 saturated carbocycles. The molecule has 51 valence electrons. The Morgan fingerprint density at radius 1 is 1.56 bits per heavy atom. The van der Waals surface area contributed by atoms with Gasteiger partial charge in [-0.15, -0.1) is 0 Å². The zero-order valence-corrected chi connectivity index (χ0v) is 5.04. The summed E-state index contributed by atoms with van der Waals surface area (Å²) in [6.45, 7) is 0.361. The van der Waals surface area contributed by atoms with E-state index in [1.54, 1.807) is 18.4 Å². The first-order valence-electron chi connectivity index (χ1n) is 2.60. The highest BCUT2D eigenvalue weighted by molar-refractivity contribution is 5.51. The molecule has 1 N–H and O–H groups in total. The van der Waals surface area contributed by atoms with E-state index in [1.165, 1.54) is 0 Å². The van der Waals surface area contributed by atoms with Crippen LogP contribution in [0.2, 0.25) is 0 Å². The van der Waals surface area contributed by atoms with Crippen molar-refractivity contribution >= 4 is 6.29 Å². The number of aliphatic hydroxyl groups is 1. The highest BCUT2D eigenvalue weighted by atomic mass is 16.5. The lowest BCUT2D eigenvalue weighted by Gasteiger charge is -1.89. The Balaban J connectivity index is 2.90. The summed E-state index contributed by atoms with van der Waals surface area (Å²) in [5, 5.41) is 8.20. The van der Waals surface area contributed by atoms with Crippen molar-refractivity contribution in [1.29, 1.82) is 0 Å². The lowest BCUT2D eigenvalue weighted by Crippen LogP contribution is -1.94. The summed E-state index contributed by atoms with van der Waals surface area (Å²) >= 11 is 0. The van der Waals surface area contributed by atoms with Crippen molar-refractivity contribution in [1.82, 2.24) is 0 Å². The summed E-state index contributed by atoms with van der Waals surface area (Å²) in [4.78, 5) is 9.51. The fraction of sp³-hybridized carbons (Fsp3) is 0.500. The number of hydrogen-bond acceptors (Lipinski definition) is 3. The molecule has 3 nitrogen and oxygen atoms in total. The SMILES string of the molecule is O=[C]COC/C=C\CO. The summed E-state index contributed by atoms with van der Waals surface area (Å²) in [5.74, 6) is 0. The van der Waals surface area contributed by atoms with Crippen molar-refractivity contribution in [2.24, 2.45) is 0 Å². The summed E-state index contributed by atoms with van der Waals surface area (Å²) in [6, 6.07) is 0. The molecule has 0 atom stereocenters. The van der Waals surface area contributed by atoms with Crippen LogP contribution in [0.25, 0.3) is 0 Å². The highest BCUT2D eigenvalue weighted by Gasteiger charge is 1.78. The third-order valence-corrected chi connectivity index (χ3v) is 0.647. The molecule has 0 aliphatic heterocycles. The summed E-state index contributed by atoms with van der Waals surface area (Å²) in [5.41, 5.74) is 0. The maximum absolute atomic E-state index is 9.51. The molecule has 0 aliphatic rings. The van der Waals surface area contributed by atoms with Gasteiger partial charge >= 0.3 is 0 Å². The second-order valence-electron chi connectivity index (χ2n) is 1.31. The van der Waals surface area contributed by atoms with Crippen molar-refractivity contribution in [3.8, 4) is 0 Å². The number of hydrogen-bond donors (Lipinski definition) is 1. The molecule has 0 bridgehead atoms. The van der Waals surface area contributed by atoms with Crippen molar-refractivity contribution < 1.29 is 14.6 Å². The second-order valence-corrected chi connectivity index (χ2v) is 1.31. The zero-order chi connectivity index (χ0) is 6.95. The second kappa shape index (κ2) is 7.33. The van der Waals surface area contributed by atoms with E-state index in [2.05, 4.69) is 4.74 Å². The van der Waals surface area contributed by atoms with Gasteiger partial charge in [-0.1, -0.05) is 12.2 Å². The third kappa shape index (κ3) is 7.33. The number of aliphatic hydroxyl groups excluding tert-OH is 1. The van der Waals surface area contributed by atoms with Crippen molar-refractivity contribution in [2.75, 3.05) is 19.8 Å². The minimum Gasteiger partial charge on any atom is -0.392 e. The quantitative estimate of drug-likeness (QED) is 0.408. The summed E-state index contributed by atoms with van der Waals surface area (Å²) in [6.07, 6.45) is 4.76. The fourth-order valence-electron chi connectivity index (χ4n) is 0.311. The van der Waals surface area contributed by atoms with Gasteiger partial charge in [0, 0.05) is 0 Å². The number of rotatable bonds is 5. The van der Waals surface area contributed by atoms with Crippen molar-refractivity contribution in [3.05, 3.63) is 12.2 Å². The molecule has 0 spiro atoms. The largest absolute Gasteiger partial charge is 0.392 e. The van der Waals surface area contributed by atoms with Gasteiger partial charge in [0.15, 0.2) is 0 Å². The summed E-state index contributed by atoms with van der Waals surface area (Å²) < 4.78 is 4.66. The topological polar surface area (TPSA) is 46.5 Å². The Bertz CT molecular complexity index is 88.3. The Labute approximate surface area is 53.9 Å². The van der Waals surface area contributed by atoms with E-state index in [4.69, 9.17) is 5.11 Å². The van der Waals surface area contributed by atoms with E-state index in [9.17, 15) is 4.79 Å². The Morgan fingerprint density at radius 3 is 2.89 bits per heavy atom. The molecule has 0 amide bonds. The molecule has 1 radical (unpaired) electrons. The van der Waals surface area contributed by atoms with E-state index in [0.717, 1.165) is 0 Å². The van der Waals surface area contributed by atoms with E-state index in [0.29, 0.717) is 6.61 Å². The third-order valence-electron chi connectivity index (χ3n) is 0.647. The Morgan fingerprint density at radius 2 is 2.33 bits per heavy atom. The van der Waals surface area contributed by atoms with Crippen LogP contribution in [0.4, 0.5) is 0 Å². The van der Waals surface area contributed by atoms with Gasteiger partial charge in [-0.2, -0.15) is 0 Å². The van der Waals surface area contributed by atoms with Gasteiger partial charge in [0.05, 0.1) is 13.2 Å². The van der Waals surface area contributed by atoms with Gasteiger partial charge in [-0.3, -0.25) is 4.79 Å². The molecule has 3 heteroatoms. The lowest BCUT2D eigenvalue weighted by atomic mass is 10.5. The first-order chi connectivity index (χ1) is 4.41. The van der Waals surface area contributed by atoms with Gasteiger partial charge in [0.2, 0.25) is 6.29 Å². The van der Waals surface area contributed by atoms with Crippen LogP contribution in [0.1, 0.15) is 0 Å². The van der Waals surface area contributed by atoms with E-state index in [-0.39, 0.29) is 13.2 Å². The number of carbonyl (C=O) groups excluding carboxylic acids is 1. The minimum atomic E-state index is -0.00420. The summed E-state index contributed by atoms with van der Waals surface area (Å²) in [7, 11) is 0. The smallest absolute Gasteiger partial charge is 0.226 e. The van der Waals surface area contributed by atoms with Gasteiger partial charge in [0.1, 0.15) is 6.61 Å². The molecular formula is C6H9O3. The maximum atomic E-state index is 9.51. The predicted molar refractivity (Wildman–Crippen MR) is 32.7 cm³/mol. The van der Waals surface area contributed by atoms with E-state index < -0.39 is 0 Å². The maximum Gasteiger partial charge on any atom is 0.226 e. The molecule has 0 aromatic heterocycles. The fourth-order valence-corrected chi connectivity index (χ4v) is 0.311. The molecule has 0 aliphatic carbocycles. The van der Waals surface area contributed by atoms with Crippen LogP contribution in [0, 0.1) is 0 Å². The first-order valence-corrected chi connectivity index (χ1v) is 2.60. The average molecular weight is 129 g/mol. The van der Waals surface area contributed by atoms with Crippen LogP contribution >= 0.6 is 0 Å². The van der Waals surface area contributed by atoms with Crippen molar-refractivity contribution in [2.45, 2.75) is 0 Å². The molecule has 0 heterocycles. The van der Waals surface area contributed by atoms with E-state index >= 15 is 0 Å². The van der Waals surface area contributed by atoms with Gasteiger partial charge in [-0.05, 0) is 0 Å². The molecule has 0 rings (SSSR count). The highest BCUT2D eigenvalue weighted by Crippen LogP contribution is 1.73. The van der Waals surface area contributed by atoms with Crippen molar-refractivity contribution in [3.63, 3.8) is 0 Å². The minimum absolute atomic E-state index is 0.00420. The standard InChI is InChI=1S/C6H9O3/c7-3-1-2-5-9-6-4-8/h1-2,7H,3,5-6H2/b2-1-. The monoisotopic (exact) mass is 129 g/mol. The molecule has 0 aromatic rings. The zero-order valence-electron chi connectivity index (χ0n) is 5.04. The molecule has 0 aromatic carbocycles. The van der Waals surface area contributed by atoms with E-state index in [1.807, 2.05) is 0 Å². The van der Waals surface area contributed by atoms with Crippen LogP contribution in [0.3, 0.4) is 0 Å². The number of ether oxygens (including phenoxy) is 1. The van der Waals surface area contributed by atoms with Crippen LogP contribution in [-0.2, 0) is 9.53 Å². The van der Waals surface area contributed by atoms with Crippen LogP contribution in [-0.4, -0.2) is 31.2 Å². The van der Waals surface area contributed by atoms with Gasteiger partial charge < -0.3 is 9.84 Å². The molecule has 9 heavy (non-hydrogen) atoms. The van der Waals surface area contributed by atoms with Crippen LogP contribution < -0.4 is 0 Å². The van der Waals surface area contributed by atoms with Gasteiger partial charge in [0.25, 0.3) is 0 Å². The van der Waals surface area contributed by atoms with Gasteiger partial charge in [-0.25, -0.2) is 0 Å². The molecule has 0 unspecified atom stereocenters. The Hall–Kier alpha value is -0.670. The van der Waals surface area contributed by atoms with Crippen LogP contribution in [0.5, 0.6) is 0 Å². The predicted octanol–water partition coefficient (Wildman–Crippen LogP) is -0.339. The molecular weight excluding hydrogens is 120 g/mol. The first kappa shape index (κ1) is 8.33. The average Bonchev–Trinajstić information content (AvgIpc) is 1.89.